The average molecular weight is 478 g/mol. The summed E-state index contributed by atoms with van der Waals surface area (Å²) in [6, 6.07) is 17.2. The van der Waals surface area contributed by atoms with Crippen LogP contribution in [0.5, 0.6) is 0 Å². The molecule has 0 bridgehead atoms. The molecule has 0 aliphatic carbocycles. The Labute approximate surface area is 189 Å². The van der Waals surface area contributed by atoms with E-state index >= 15 is 0 Å². The molecule has 9 heteroatoms. The molecule has 3 rings (SSSR count). The zero-order valence-corrected chi connectivity index (χ0v) is 18.9. The molecule has 31 heavy (non-hydrogen) atoms. The summed E-state index contributed by atoms with van der Waals surface area (Å²) in [5.41, 5.74) is 1.40. The molecule has 1 heterocycles. The minimum Gasteiger partial charge on any atom is -0.480 e. The molecule has 2 aromatic carbocycles. The molecule has 2 unspecified atom stereocenters. The predicted molar refractivity (Wildman–Crippen MR) is 120 cm³/mol. The minimum absolute atomic E-state index is 0.00841. The third-order valence-electron chi connectivity index (χ3n) is 4.64. The highest BCUT2D eigenvalue weighted by Crippen LogP contribution is 2.33. The molecule has 0 amide bonds. The number of Topliss-reactive ketones (excluding diaryl/α,β-unsaturated/α-hetero) is 1. The number of halogens is 1. The Kier molecular flexibility index (Phi) is 7.27. The maximum atomic E-state index is 12.9. The van der Waals surface area contributed by atoms with Crippen LogP contribution in [0, 0.1) is 0 Å². The summed E-state index contributed by atoms with van der Waals surface area (Å²) in [5.74, 6) is -2.05. The van der Waals surface area contributed by atoms with Crippen molar-refractivity contribution < 1.29 is 23.1 Å². The number of nitrogens with one attached hydrogen (secondary N) is 1. The molecule has 0 spiro atoms. The summed E-state index contributed by atoms with van der Waals surface area (Å²) >= 11 is 6.86. The fraction of sp³-hybridized carbons (Fsp3) is 0.182. The number of rotatable bonds is 9. The highest BCUT2D eigenvalue weighted by atomic mass is 35.5. The Morgan fingerprint density at radius 3 is 2.26 bits per heavy atom. The zero-order valence-electron chi connectivity index (χ0n) is 16.5. The third-order valence-corrected chi connectivity index (χ3v) is 8.01. The van der Waals surface area contributed by atoms with E-state index in [0.29, 0.717) is 21.0 Å². The Morgan fingerprint density at radius 1 is 1.03 bits per heavy atom. The number of aliphatic carboxylic acids is 1. The van der Waals surface area contributed by atoms with Crippen molar-refractivity contribution in [3.63, 3.8) is 0 Å². The van der Waals surface area contributed by atoms with Crippen LogP contribution < -0.4 is 4.72 Å². The molecule has 0 saturated heterocycles. The van der Waals surface area contributed by atoms with Crippen LogP contribution in [-0.4, -0.2) is 31.3 Å². The number of thiophene rings is 1. The molecule has 6 nitrogen and oxygen atoms in total. The van der Waals surface area contributed by atoms with E-state index in [1.165, 1.54) is 13.0 Å². The van der Waals surface area contributed by atoms with Crippen molar-refractivity contribution in [2.75, 3.05) is 0 Å². The van der Waals surface area contributed by atoms with Gasteiger partial charge in [-0.05, 0) is 48.7 Å². The highest BCUT2D eigenvalue weighted by molar-refractivity contribution is 7.91. The maximum Gasteiger partial charge on any atom is 0.322 e. The van der Waals surface area contributed by atoms with Gasteiger partial charge in [0.1, 0.15) is 16.0 Å². The normalized spacial score (nSPS) is 13.5. The standard InChI is InChI=1S/C22H20ClNO5S2/c1-14(25)21(16-7-9-17(23)10-8-16)19-11-12-20(30-19)31(28,29)24-18(22(26)27)13-15-5-3-2-4-6-15/h2-12,18,21,24H,13H2,1H3,(H,26,27). The summed E-state index contributed by atoms with van der Waals surface area (Å²) in [5, 5.41) is 10.0. The molecule has 2 N–H and O–H groups in total. The Balaban J connectivity index is 1.85. The van der Waals surface area contributed by atoms with E-state index in [1.54, 1.807) is 60.7 Å². The van der Waals surface area contributed by atoms with Gasteiger partial charge < -0.3 is 5.11 Å². The van der Waals surface area contributed by atoms with Crippen molar-refractivity contribution in [1.29, 1.82) is 0 Å². The molecule has 2 atom stereocenters. The van der Waals surface area contributed by atoms with E-state index in [0.717, 1.165) is 11.3 Å². The number of carboxylic acid groups (broad SMARTS) is 1. The highest BCUT2D eigenvalue weighted by Gasteiger charge is 2.29. The number of sulfonamides is 1. The molecule has 0 fully saturated rings. The lowest BCUT2D eigenvalue weighted by atomic mass is 9.94. The van der Waals surface area contributed by atoms with Gasteiger partial charge in [-0.25, -0.2) is 8.42 Å². The lowest BCUT2D eigenvalue weighted by Crippen LogP contribution is -2.42. The molecule has 0 aliphatic rings. The van der Waals surface area contributed by atoms with Gasteiger partial charge in [0.2, 0.25) is 0 Å². The van der Waals surface area contributed by atoms with Crippen molar-refractivity contribution in [2.24, 2.45) is 0 Å². The van der Waals surface area contributed by atoms with Gasteiger partial charge in [0, 0.05) is 9.90 Å². The van der Waals surface area contributed by atoms with E-state index in [2.05, 4.69) is 4.72 Å². The van der Waals surface area contributed by atoms with Crippen molar-refractivity contribution >= 4 is 44.7 Å². The third kappa shape index (κ3) is 5.80. The largest absolute Gasteiger partial charge is 0.480 e. The van der Waals surface area contributed by atoms with E-state index in [-0.39, 0.29) is 16.4 Å². The van der Waals surface area contributed by atoms with Gasteiger partial charge in [-0.15, -0.1) is 11.3 Å². The van der Waals surface area contributed by atoms with Crippen molar-refractivity contribution in [2.45, 2.75) is 29.5 Å². The Hall–Kier alpha value is -2.52. The van der Waals surface area contributed by atoms with E-state index in [1.807, 2.05) is 0 Å². The number of carbonyl (C=O) groups excluding carboxylic acids is 1. The molecule has 162 valence electrons. The van der Waals surface area contributed by atoms with Crippen LogP contribution in [0.25, 0.3) is 0 Å². The topological polar surface area (TPSA) is 101 Å². The molecule has 0 saturated carbocycles. The first-order valence-electron chi connectivity index (χ1n) is 9.32. The second-order valence-corrected chi connectivity index (χ2v) is 10.4. The minimum atomic E-state index is -4.10. The maximum absolute atomic E-state index is 12.9. The summed E-state index contributed by atoms with van der Waals surface area (Å²) in [7, 11) is -4.10. The second kappa shape index (κ2) is 9.74. The van der Waals surface area contributed by atoms with Gasteiger partial charge in [0.15, 0.2) is 0 Å². The zero-order chi connectivity index (χ0) is 22.6. The van der Waals surface area contributed by atoms with Crippen LogP contribution >= 0.6 is 22.9 Å². The van der Waals surface area contributed by atoms with Gasteiger partial charge in [-0.1, -0.05) is 54.1 Å². The fourth-order valence-corrected chi connectivity index (χ4v) is 6.01. The Bertz CT molecular complexity index is 1170. The summed E-state index contributed by atoms with van der Waals surface area (Å²) in [6.07, 6.45) is 0.00841. The molecule has 0 radical (unpaired) electrons. The molecular formula is C22H20ClNO5S2. The first-order chi connectivity index (χ1) is 14.7. The summed E-state index contributed by atoms with van der Waals surface area (Å²) in [4.78, 5) is 24.5. The lowest BCUT2D eigenvalue weighted by molar-refractivity contribution is -0.138. The van der Waals surface area contributed by atoms with Gasteiger partial charge >= 0.3 is 5.97 Å². The first-order valence-corrected chi connectivity index (χ1v) is 12.0. The summed E-state index contributed by atoms with van der Waals surface area (Å²) in [6.45, 7) is 1.44. The van der Waals surface area contributed by atoms with Crippen molar-refractivity contribution in [1.82, 2.24) is 4.72 Å². The summed E-state index contributed by atoms with van der Waals surface area (Å²) < 4.78 is 27.9. The number of hydrogen-bond acceptors (Lipinski definition) is 5. The molecule has 1 aromatic heterocycles. The monoisotopic (exact) mass is 477 g/mol. The van der Waals surface area contributed by atoms with Gasteiger partial charge in [0.05, 0.1) is 5.92 Å². The number of hydrogen-bond donors (Lipinski definition) is 2. The van der Waals surface area contributed by atoms with Crippen LogP contribution in [0.1, 0.15) is 28.8 Å². The van der Waals surface area contributed by atoms with Gasteiger partial charge in [-0.3, -0.25) is 9.59 Å². The predicted octanol–water partition coefficient (Wildman–Crippen LogP) is 4.10. The van der Waals surface area contributed by atoms with Crippen molar-refractivity contribution in [3.05, 3.63) is 87.8 Å². The number of ketones is 1. The van der Waals surface area contributed by atoms with E-state index in [4.69, 9.17) is 11.6 Å². The molecule has 0 aliphatic heterocycles. The van der Waals surface area contributed by atoms with Crippen LogP contribution in [0.3, 0.4) is 0 Å². The number of carboxylic acids is 1. The number of carbonyl (C=O) groups is 2. The molecular weight excluding hydrogens is 458 g/mol. The van der Waals surface area contributed by atoms with E-state index < -0.39 is 28.0 Å². The van der Waals surface area contributed by atoms with Crippen molar-refractivity contribution in [3.8, 4) is 0 Å². The molecule has 3 aromatic rings. The Morgan fingerprint density at radius 2 is 1.68 bits per heavy atom. The first kappa shape index (κ1) is 23.1. The number of benzene rings is 2. The van der Waals surface area contributed by atoms with Gasteiger partial charge in [-0.2, -0.15) is 4.72 Å². The van der Waals surface area contributed by atoms with Gasteiger partial charge in [0.25, 0.3) is 10.0 Å². The average Bonchev–Trinajstić information content (AvgIpc) is 3.20. The quantitative estimate of drug-likeness (QED) is 0.483. The SMILES string of the molecule is CC(=O)C(c1ccc(Cl)cc1)c1ccc(S(=O)(=O)NC(Cc2ccccc2)C(=O)O)s1. The lowest BCUT2D eigenvalue weighted by Gasteiger charge is -2.14. The van der Waals surface area contributed by atoms with Crippen LogP contribution in [0.15, 0.2) is 70.9 Å². The smallest absolute Gasteiger partial charge is 0.322 e. The van der Waals surface area contributed by atoms with Crippen LogP contribution in [0.2, 0.25) is 5.02 Å². The van der Waals surface area contributed by atoms with E-state index in [9.17, 15) is 23.1 Å². The van der Waals surface area contributed by atoms with Crippen LogP contribution in [0.4, 0.5) is 0 Å². The fourth-order valence-electron chi connectivity index (χ4n) is 3.16. The van der Waals surface area contributed by atoms with Crippen LogP contribution in [-0.2, 0) is 26.0 Å². The second-order valence-electron chi connectivity index (χ2n) is 6.95.